The second kappa shape index (κ2) is 9.08. The van der Waals surface area contributed by atoms with Crippen molar-refractivity contribution in [1.29, 1.82) is 0 Å². The Morgan fingerprint density at radius 2 is 1.52 bits per heavy atom. The van der Waals surface area contributed by atoms with E-state index in [1.807, 2.05) is 67.5 Å². The smallest absolute Gasteiger partial charge is 0.282 e. The number of ether oxygens (including phenoxy) is 2. The van der Waals surface area contributed by atoms with Crippen LogP contribution in [0, 0.1) is 0 Å². The maximum Gasteiger partial charge on any atom is 0.282 e. The number of carbonyl (C=O) groups is 2. The molecule has 1 aliphatic rings. The second-order valence-electron chi connectivity index (χ2n) is 7.67. The van der Waals surface area contributed by atoms with Crippen LogP contribution in [0.15, 0.2) is 78.5 Å². The molecule has 0 radical (unpaired) electrons. The molecule has 0 aromatic heterocycles. The van der Waals surface area contributed by atoms with Crippen LogP contribution in [0.2, 0.25) is 0 Å². The predicted molar refractivity (Wildman–Crippen MR) is 130 cm³/mol. The summed E-state index contributed by atoms with van der Waals surface area (Å²) in [6.07, 6.45) is 0. The summed E-state index contributed by atoms with van der Waals surface area (Å²) in [5.74, 6) is 0.266. The molecule has 3 aromatic rings. The molecule has 1 heterocycles. The van der Waals surface area contributed by atoms with Gasteiger partial charge in [0, 0.05) is 31.5 Å². The normalized spacial score (nSPS) is 13.4. The van der Waals surface area contributed by atoms with Crippen molar-refractivity contribution in [1.82, 2.24) is 0 Å². The topological polar surface area (TPSA) is 71.1 Å². The van der Waals surface area contributed by atoms with Crippen LogP contribution in [0.3, 0.4) is 0 Å². The van der Waals surface area contributed by atoms with E-state index in [0.717, 1.165) is 5.69 Å². The number of amides is 2. The Bertz CT molecular complexity index is 1240. The number of rotatable bonds is 7. The van der Waals surface area contributed by atoms with Gasteiger partial charge in [0.15, 0.2) is 11.5 Å². The Balaban J connectivity index is 1.80. The van der Waals surface area contributed by atoms with Gasteiger partial charge in [-0.25, -0.2) is 4.90 Å². The van der Waals surface area contributed by atoms with Gasteiger partial charge in [0.1, 0.15) is 5.70 Å². The molecular weight excluding hydrogens is 418 g/mol. The second-order valence-corrected chi connectivity index (χ2v) is 7.67. The molecule has 33 heavy (non-hydrogen) atoms. The molecule has 168 valence electrons. The molecule has 7 heteroatoms. The lowest BCUT2D eigenvalue weighted by molar-refractivity contribution is -0.120. The van der Waals surface area contributed by atoms with E-state index >= 15 is 0 Å². The van der Waals surface area contributed by atoms with Crippen LogP contribution >= 0.6 is 0 Å². The van der Waals surface area contributed by atoms with Gasteiger partial charge in [-0.05, 0) is 35.9 Å². The number of anilines is 3. The third kappa shape index (κ3) is 4.13. The minimum Gasteiger partial charge on any atom is -0.493 e. The first-order valence-electron chi connectivity index (χ1n) is 10.4. The van der Waals surface area contributed by atoms with Gasteiger partial charge in [0.2, 0.25) is 0 Å². The number of benzene rings is 3. The van der Waals surface area contributed by atoms with Gasteiger partial charge in [-0.1, -0.05) is 36.4 Å². The first-order valence-corrected chi connectivity index (χ1v) is 10.4. The monoisotopic (exact) mass is 443 g/mol. The molecule has 1 aliphatic heterocycles. The fraction of sp³-hybridized carbons (Fsp3) is 0.154. The van der Waals surface area contributed by atoms with E-state index in [1.54, 1.807) is 38.5 Å². The zero-order valence-corrected chi connectivity index (χ0v) is 19.0. The summed E-state index contributed by atoms with van der Waals surface area (Å²) < 4.78 is 10.7. The van der Waals surface area contributed by atoms with Crippen LogP contribution in [-0.4, -0.2) is 40.1 Å². The number of methoxy groups -OCH3 is 2. The molecule has 0 atom stereocenters. The van der Waals surface area contributed by atoms with E-state index in [1.165, 1.54) is 4.90 Å². The van der Waals surface area contributed by atoms with Crippen LogP contribution in [0.4, 0.5) is 17.1 Å². The SMILES string of the molecule is COc1ccc(NC2=C(c3ccccc3)C(=O)N(c3cccc(N(C)C)c3)C2=O)cc1OC. The third-order valence-electron chi connectivity index (χ3n) is 5.40. The Morgan fingerprint density at radius 1 is 0.788 bits per heavy atom. The van der Waals surface area contributed by atoms with Gasteiger partial charge in [-0.15, -0.1) is 0 Å². The zero-order chi connectivity index (χ0) is 23.5. The molecule has 1 N–H and O–H groups in total. The predicted octanol–water partition coefficient (Wildman–Crippen LogP) is 4.17. The highest BCUT2D eigenvalue weighted by Gasteiger charge is 2.40. The van der Waals surface area contributed by atoms with Crippen molar-refractivity contribution in [3.05, 3.63) is 84.1 Å². The number of nitrogens with zero attached hydrogens (tertiary/aromatic N) is 2. The highest BCUT2D eigenvalue weighted by molar-refractivity contribution is 6.46. The molecule has 0 bridgehead atoms. The molecular formula is C26H25N3O4. The number of imide groups is 1. The highest BCUT2D eigenvalue weighted by atomic mass is 16.5. The van der Waals surface area contributed by atoms with Crippen LogP contribution < -0.4 is 24.6 Å². The molecule has 0 saturated carbocycles. The first-order chi connectivity index (χ1) is 15.9. The Labute approximate surface area is 192 Å². The van der Waals surface area contributed by atoms with E-state index in [9.17, 15) is 9.59 Å². The van der Waals surface area contributed by atoms with E-state index in [2.05, 4.69) is 5.32 Å². The van der Waals surface area contributed by atoms with Gasteiger partial charge in [0.25, 0.3) is 11.8 Å². The summed E-state index contributed by atoms with van der Waals surface area (Å²) >= 11 is 0. The molecule has 0 unspecified atom stereocenters. The van der Waals surface area contributed by atoms with Crippen molar-refractivity contribution in [3.8, 4) is 11.5 Å². The lowest BCUT2D eigenvalue weighted by atomic mass is 10.0. The average molecular weight is 444 g/mol. The van der Waals surface area contributed by atoms with E-state index in [-0.39, 0.29) is 11.6 Å². The van der Waals surface area contributed by atoms with Gasteiger partial charge in [-0.3, -0.25) is 9.59 Å². The van der Waals surface area contributed by atoms with Crippen molar-refractivity contribution in [3.63, 3.8) is 0 Å². The molecule has 0 spiro atoms. The van der Waals surface area contributed by atoms with Crippen molar-refractivity contribution < 1.29 is 19.1 Å². The maximum absolute atomic E-state index is 13.6. The van der Waals surface area contributed by atoms with Crippen molar-refractivity contribution in [2.24, 2.45) is 0 Å². The fourth-order valence-electron chi connectivity index (χ4n) is 3.72. The maximum atomic E-state index is 13.6. The Morgan fingerprint density at radius 3 is 2.18 bits per heavy atom. The van der Waals surface area contributed by atoms with E-state index in [0.29, 0.717) is 34.0 Å². The summed E-state index contributed by atoms with van der Waals surface area (Å²) in [5, 5.41) is 3.15. The lowest BCUT2D eigenvalue weighted by Crippen LogP contribution is -2.32. The summed E-state index contributed by atoms with van der Waals surface area (Å²) in [6, 6.07) is 21.7. The van der Waals surface area contributed by atoms with Gasteiger partial charge in [0.05, 0.1) is 25.5 Å². The summed E-state index contributed by atoms with van der Waals surface area (Å²) in [7, 11) is 6.91. The highest BCUT2D eigenvalue weighted by Crippen LogP contribution is 2.36. The minimum absolute atomic E-state index is 0.202. The molecule has 0 fully saturated rings. The first kappa shape index (κ1) is 22.0. The Hall–Kier alpha value is -4.26. The van der Waals surface area contributed by atoms with Gasteiger partial charge >= 0.3 is 0 Å². The van der Waals surface area contributed by atoms with E-state index < -0.39 is 5.91 Å². The largest absolute Gasteiger partial charge is 0.493 e. The number of carbonyl (C=O) groups excluding carboxylic acids is 2. The minimum atomic E-state index is -0.426. The zero-order valence-electron chi connectivity index (χ0n) is 19.0. The average Bonchev–Trinajstić information content (AvgIpc) is 3.08. The number of hydrogen-bond acceptors (Lipinski definition) is 6. The molecule has 2 amide bonds. The van der Waals surface area contributed by atoms with Crippen LogP contribution in [0.5, 0.6) is 11.5 Å². The third-order valence-corrected chi connectivity index (χ3v) is 5.40. The fourth-order valence-corrected chi connectivity index (χ4v) is 3.72. The number of hydrogen-bond donors (Lipinski definition) is 1. The lowest BCUT2D eigenvalue weighted by Gasteiger charge is -2.19. The van der Waals surface area contributed by atoms with Gasteiger partial charge in [-0.2, -0.15) is 0 Å². The molecule has 3 aromatic carbocycles. The van der Waals surface area contributed by atoms with Crippen molar-refractivity contribution >= 4 is 34.4 Å². The van der Waals surface area contributed by atoms with Crippen molar-refractivity contribution in [2.75, 3.05) is 43.4 Å². The van der Waals surface area contributed by atoms with Crippen molar-refractivity contribution in [2.45, 2.75) is 0 Å². The van der Waals surface area contributed by atoms with E-state index in [4.69, 9.17) is 9.47 Å². The standard InChI is InChI=1S/C26H25N3O4/c1-28(2)19-11-8-12-20(16-19)29-25(30)23(17-9-6-5-7-10-17)24(26(29)31)27-18-13-14-21(32-3)22(15-18)33-4/h5-16,27H,1-4H3. The molecule has 0 aliphatic carbocycles. The molecule has 4 rings (SSSR count). The van der Waals surface area contributed by atoms with Crippen LogP contribution in [0.1, 0.15) is 5.56 Å². The summed E-state index contributed by atoms with van der Waals surface area (Å²) in [5.41, 5.74) is 3.16. The quantitative estimate of drug-likeness (QED) is 0.553. The molecule has 0 saturated heterocycles. The van der Waals surface area contributed by atoms with Crippen LogP contribution in [-0.2, 0) is 9.59 Å². The number of nitrogens with one attached hydrogen (secondary N) is 1. The summed E-state index contributed by atoms with van der Waals surface area (Å²) in [4.78, 5) is 30.3. The van der Waals surface area contributed by atoms with Gasteiger partial charge < -0.3 is 19.7 Å². The summed E-state index contributed by atoms with van der Waals surface area (Å²) in [6.45, 7) is 0. The molecule has 7 nitrogen and oxygen atoms in total. The Kier molecular flexibility index (Phi) is 6.04. The van der Waals surface area contributed by atoms with Crippen LogP contribution in [0.25, 0.3) is 5.57 Å².